The molecule has 119 valence electrons. The number of rotatable bonds is 6. The fourth-order valence-corrected chi connectivity index (χ4v) is 1.79. The lowest BCUT2D eigenvalue weighted by Crippen LogP contribution is -2.51. The third kappa shape index (κ3) is 4.85. The lowest BCUT2D eigenvalue weighted by molar-refractivity contribution is 0.203. The van der Waals surface area contributed by atoms with E-state index >= 15 is 0 Å². The van der Waals surface area contributed by atoms with Gasteiger partial charge in [0.25, 0.3) is 0 Å². The molecule has 0 aliphatic carbocycles. The quantitative estimate of drug-likeness (QED) is 0.848. The van der Waals surface area contributed by atoms with Crippen molar-refractivity contribution in [3.63, 3.8) is 0 Å². The van der Waals surface area contributed by atoms with Crippen LogP contribution in [0.5, 0.6) is 0 Å². The monoisotopic (exact) mass is 305 g/mol. The summed E-state index contributed by atoms with van der Waals surface area (Å²) in [6.45, 7) is 0.707. The van der Waals surface area contributed by atoms with Gasteiger partial charge < -0.3 is 15.1 Å². The Morgan fingerprint density at radius 3 is 2.27 bits per heavy atom. The third-order valence-corrected chi connectivity index (χ3v) is 2.97. The van der Waals surface area contributed by atoms with Gasteiger partial charge in [0.2, 0.25) is 6.29 Å². The SMILES string of the molecule is CNC(=O)N(C(=O)N(C[C]=O)CCN(C)C)c1ccccc1. The Morgan fingerprint density at radius 2 is 1.77 bits per heavy atom. The van der Waals surface area contributed by atoms with Crippen LogP contribution >= 0.6 is 0 Å². The van der Waals surface area contributed by atoms with E-state index in [1.807, 2.05) is 19.0 Å². The fourth-order valence-electron chi connectivity index (χ4n) is 1.79. The lowest BCUT2D eigenvalue weighted by atomic mass is 10.3. The summed E-state index contributed by atoms with van der Waals surface area (Å²) in [5.74, 6) is 0. The van der Waals surface area contributed by atoms with Gasteiger partial charge in [0.05, 0.1) is 12.2 Å². The minimum atomic E-state index is -0.559. The average Bonchev–Trinajstić information content (AvgIpc) is 2.52. The summed E-state index contributed by atoms with van der Waals surface area (Å²) in [6.07, 6.45) is 1.71. The van der Waals surface area contributed by atoms with E-state index in [1.165, 1.54) is 11.9 Å². The summed E-state index contributed by atoms with van der Waals surface area (Å²) >= 11 is 0. The largest absolute Gasteiger partial charge is 0.340 e. The van der Waals surface area contributed by atoms with Gasteiger partial charge in [-0.05, 0) is 26.2 Å². The van der Waals surface area contributed by atoms with E-state index in [1.54, 1.807) is 36.6 Å². The van der Waals surface area contributed by atoms with Gasteiger partial charge in [0.1, 0.15) is 0 Å². The molecule has 7 heteroatoms. The predicted octanol–water partition coefficient (Wildman–Crippen LogP) is 0.926. The van der Waals surface area contributed by atoms with Crippen molar-refractivity contribution in [2.24, 2.45) is 0 Å². The Labute approximate surface area is 130 Å². The molecule has 0 bridgehead atoms. The van der Waals surface area contributed by atoms with Crippen LogP contribution in [0.4, 0.5) is 15.3 Å². The molecule has 7 nitrogen and oxygen atoms in total. The van der Waals surface area contributed by atoms with E-state index < -0.39 is 12.1 Å². The minimum Gasteiger partial charge on any atom is -0.340 e. The van der Waals surface area contributed by atoms with Gasteiger partial charge in [-0.3, -0.25) is 4.79 Å². The summed E-state index contributed by atoms with van der Waals surface area (Å²) < 4.78 is 0. The van der Waals surface area contributed by atoms with Crippen LogP contribution in [0.1, 0.15) is 0 Å². The molecule has 0 aliphatic heterocycles. The Bertz CT molecular complexity index is 505. The summed E-state index contributed by atoms with van der Waals surface area (Å²) in [5.41, 5.74) is 0.438. The number of carbonyl (C=O) groups excluding carboxylic acids is 3. The zero-order valence-corrected chi connectivity index (χ0v) is 13.1. The molecule has 1 aromatic carbocycles. The molecule has 0 aliphatic rings. The second kappa shape index (κ2) is 8.78. The van der Waals surface area contributed by atoms with Gasteiger partial charge in [-0.15, -0.1) is 0 Å². The number of anilines is 1. The highest BCUT2D eigenvalue weighted by Gasteiger charge is 2.27. The zero-order chi connectivity index (χ0) is 16.5. The number of imide groups is 1. The van der Waals surface area contributed by atoms with Crippen molar-refractivity contribution >= 4 is 24.0 Å². The van der Waals surface area contributed by atoms with E-state index in [9.17, 15) is 14.4 Å². The summed E-state index contributed by atoms with van der Waals surface area (Å²) in [7, 11) is 5.17. The summed E-state index contributed by atoms with van der Waals surface area (Å²) in [6, 6.07) is 7.44. The molecule has 0 unspecified atom stereocenters. The second-order valence-corrected chi connectivity index (χ2v) is 4.88. The van der Waals surface area contributed by atoms with Crippen molar-refractivity contribution in [3.8, 4) is 0 Å². The van der Waals surface area contributed by atoms with Gasteiger partial charge >= 0.3 is 12.1 Å². The van der Waals surface area contributed by atoms with Crippen LogP contribution < -0.4 is 10.2 Å². The summed E-state index contributed by atoms with van der Waals surface area (Å²) in [4.78, 5) is 39.6. The number of para-hydroxylation sites is 1. The number of carbonyl (C=O) groups is 2. The number of nitrogens with one attached hydrogen (secondary N) is 1. The maximum Gasteiger partial charge on any atom is 0.333 e. The van der Waals surface area contributed by atoms with Crippen LogP contribution in [-0.4, -0.2) is 68.9 Å². The summed E-state index contributed by atoms with van der Waals surface area (Å²) in [5, 5.41) is 2.44. The molecule has 0 aromatic heterocycles. The number of likely N-dealkylation sites (N-methyl/N-ethyl adjacent to an activating group) is 1. The van der Waals surface area contributed by atoms with E-state index in [2.05, 4.69) is 5.32 Å². The molecule has 1 rings (SSSR count). The minimum absolute atomic E-state index is 0.187. The molecular formula is C15H21N4O3. The van der Waals surface area contributed by atoms with E-state index in [-0.39, 0.29) is 6.54 Å². The first-order valence-electron chi connectivity index (χ1n) is 6.86. The number of hydrogen-bond acceptors (Lipinski definition) is 4. The highest BCUT2D eigenvalue weighted by atomic mass is 16.2. The maximum absolute atomic E-state index is 12.6. The Balaban J connectivity index is 3.02. The molecule has 0 spiro atoms. The number of benzene rings is 1. The van der Waals surface area contributed by atoms with Crippen molar-refractivity contribution in [2.45, 2.75) is 0 Å². The number of hydrogen-bond donors (Lipinski definition) is 1. The first-order chi connectivity index (χ1) is 10.5. The van der Waals surface area contributed by atoms with Gasteiger partial charge in [-0.25, -0.2) is 14.5 Å². The second-order valence-electron chi connectivity index (χ2n) is 4.88. The lowest BCUT2D eigenvalue weighted by Gasteiger charge is -2.28. The zero-order valence-electron chi connectivity index (χ0n) is 13.1. The smallest absolute Gasteiger partial charge is 0.333 e. The Morgan fingerprint density at radius 1 is 1.14 bits per heavy atom. The molecule has 1 aromatic rings. The van der Waals surface area contributed by atoms with Crippen molar-refractivity contribution in [1.29, 1.82) is 0 Å². The van der Waals surface area contributed by atoms with E-state index in [0.29, 0.717) is 18.8 Å². The molecule has 0 saturated carbocycles. The first-order valence-corrected chi connectivity index (χ1v) is 6.86. The van der Waals surface area contributed by atoms with Gasteiger partial charge in [-0.1, -0.05) is 18.2 Å². The van der Waals surface area contributed by atoms with E-state index in [0.717, 1.165) is 4.90 Å². The molecule has 0 fully saturated rings. The third-order valence-electron chi connectivity index (χ3n) is 2.97. The maximum atomic E-state index is 12.6. The molecule has 1 radical (unpaired) electrons. The normalized spacial score (nSPS) is 10.2. The highest BCUT2D eigenvalue weighted by molar-refractivity contribution is 6.13. The van der Waals surface area contributed by atoms with Crippen LogP contribution in [0.2, 0.25) is 0 Å². The van der Waals surface area contributed by atoms with Crippen molar-refractivity contribution in [1.82, 2.24) is 15.1 Å². The van der Waals surface area contributed by atoms with Crippen LogP contribution in [0.25, 0.3) is 0 Å². The molecule has 22 heavy (non-hydrogen) atoms. The molecule has 1 N–H and O–H groups in total. The number of nitrogens with zero attached hydrogens (tertiary/aromatic N) is 3. The van der Waals surface area contributed by atoms with Crippen LogP contribution in [0, 0.1) is 0 Å². The van der Waals surface area contributed by atoms with E-state index in [4.69, 9.17) is 0 Å². The molecule has 0 atom stereocenters. The topological polar surface area (TPSA) is 73.0 Å². The van der Waals surface area contributed by atoms with Crippen molar-refractivity contribution < 1.29 is 14.4 Å². The average molecular weight is 305 g/mol. The fraction of sp³-hybridized carbons (Fsp3) is 0.400. The van der Waals surface area contributed by atoms with Crippen LogP contribution in [0.3, 0.4) is 0 Å². The van der Waals surface area contributed by atoms with Gasteiger partial charge in [0.15, 0.2) is 0 Å². The van der Waals surface area contributed by atoms with Gasteiger partial charge in [-0.2, -0.15) is 0 Å². The number of amides is 4. The molecular weight excluding hydrogens is 284 g/mol. The molecule has 0 saturated heterocycles. The Hall–Kier alpha value is -2.41. The molecule has 0 heterocycles. The van der Waals surface area contributed by atoms with Crippen LogP contribution in [-0.2, 0) is 4.79 Å². The van der Waals surface area contributed by atoms with Crippen molar-refractivity contribution in [2.75, 3.05) is 45.7 Å². The van der Waals surface area contributed by atoms with Crippen LogP contribution in [0.15, 0.2) is 30.3 Å². The number of urea groups is 2. The highest BCUT2D eigenvalue weighted by Crippen LogP contribution is 2.15. The predicted molar refractivity (Wildman–Crippen MR) is 84.6 cm³/mol. The van der Waals surface area contributed by atoms with Gasteiger partial charge in [0, 0.05) is 20.1 Å². The molecule has 4 amide bonds. The Kier molecular flexibility index (Phi) is 7.04. The standard InChI is InChI=1S/C15H21N4O3/c1-16-14(21)19(13-7-5-4-6-8-13)15(22)18(11-12-20)10-9-17(2)3/h4-8H,9-11H2,1-3H3,(H,16,21). The van der Waals surface area contributed by atoms with Crippen molar-refractivity contribution in [3.05, 3.63) is 30.3 Å². The first kappa shape index (κ1) is 17.6.